The van der Waals surface area contributed by atoms with Gasteiger partial charge >= 0.3 is 18.1 Å². The molecule has 1 aliphatic heterocycles. The lowest BCUT2D eigenvalue weighted by Gasteiger charge is -2.32. The monoisotopic (exact) mass is 377 g/mol. The fourth-order valence-corrected chi connectivity index (χ4v) is 2.46. The molecule has 26 heavy (non-hydrogen) atoms. The quantitative estimate of drug-likeness (QED) is 0.596. The maximum absolute atomic E-state index is 14.1. The van der Waals surface area contributed by atoms with Crippen molar-refractivity contribution in [3.8, 4) is 0 Å². The van der Waals surface area contributed by atoms with Crippen LogP contribution in [0.3, 0.4) is 0 Å². The number of rotatable bonds is 3. The molecule has 1 aliphatic rings. The van der Waals surface area contributed by atoms with E-state index in [-0.39, 0.29) is 30.3 Å². The molecular formula is C16H15F4NO5. The molecule has 0 unspecified atom stereocenters. The number of nitrogens with zero attached hydrogens (tertiary/aromatic N) is 1. The first-order chi connectivity index (χ1) is 12.1. The zero-order valence-corrected chi connectivity index (χ0v) is 14.1. The smallest absolute Gasteiger partial charge is 0.416 e. The highest BCUT2D eigenvalue weighted by atomic mass is 19.4. The van der Waals surface area contributed by atoms with Gasteiger partial charge in [0.25, 0.3) is 0 Å². The SMILES string of the molecule is COC(=O)C1=C(C(=O)OC)N(c2cc(F)c(C)c(C(F)(F)F)c2)COC1. The molecule has 1 heterocycles. The first kappa shape index (κ1) is 19.7. The standard InChI is InChI=1S/C16H15F4NO5/c1-8-11(16(18,19)20)4-9(5-12(8)17)21-7-26-6-10(14(22)24-2)13(21)15(23)25-3/h4-5H,6-7H2,1-3H3. The number of carbonyl (C=O) groups excluding carboxylic acids is 2. The van der Waals surface area contributed by atoms with Crippen LogP contribution in [0.2, 0.25) is 0 Å². The van der Waals surface area contributed by atoms with Crippen LogP contribution < -0.4 is 4.90 Å². The lowest BCUT2D eigenvalue weighted by molar-refractivity contribution is -0.140. The first-order valence-corrected chi connectivity index (χ1v) is 7.24. The number of anilines is 1. The Kier molecular flexibility index (Phi) is 5.55. The van der Waals surface area contributed by atoms with Gasteiger partial charge in [0.15, 0.2) is 0 Å². The van der Waals surface area contributed by atoms with Gasteiger partial charge < -0.3 is 19.1 Å². The second-order valence-corrected chi connectivity index (χ2v) is 5.31. The maximum atomic E-state index is 14.1. The number of benzene rings is 1. The van der Waals surface area contributed by atoms with Crippen molar-refractivity contribution in [2.45, 2.75) is 13.1 Å². The van der Waals surface area contributed by atoms with E-state index in [0.29, 0.717) is 6.07 Å². The van der Waals surface area contributed by atoms with Crippen molar-refractivity contribution in [2.75, 3.05) is 32.5 Å². The zero-order valence-electron chi connectivity index (χ0n) is 14.1. The van der Waals surface area contributed by atoms with E-state index in [1.54, 1.807) is 0 Å². The summed E-state index contributed by atoms with van der Waals surface area (Å²) in [6.45, 7) is 0.296. The lowest BCUT2D eigenvalue weighted by Crippen LogP contribution is -2.39. The third kappa shape index (κ3) is 3.64. The topological polar surface area (TPSA) is 65.1 Å². The number of hydrogen-bond acceptors (Lipinski definition) is 6. The van der Waals surface area contributed by atoms with Crippen molar-refractivity contribution >= 4 is 17.6 Å². The molecule has 10 heteroatoms. The molecule has 0 spiro atoms. The van der Waals surface area contributed by atoms with Crippen molar-refractivity contribution < 1.29 is 41.4 Å². The van der Waals surface area contributed by atoms with Crippen molar-refractivity contribution in [3.63, 3.8) is 0 Å². The summed E-state index contributed by atoms with van der Waals surface area (Å²) in [5.41, 5.74) is -2.73. The van der Waals surface area contributed by atoms with Crippen LogP contribution >= 0.6 is 0 Å². The Bertz CT molecular complexity index is 773. The van der Waals surface area contributed by atoms with Gasteiger partial charge in [-0.1, -0.05) is 0 Å². The highest BCUT2D eigenvalue weighted by Gasteiger charge is 2.37. The molecule has 6 nitrogen and oxygen atoms in total. The van der Waals surface area contributed by atoms with E-state index in [2.05, 4.69) is 9.47 Å². The van der Waals surface area contributed by atoms with E-state index < -0.39 is 35.1 Å². The van der Waals surface area contributed by atoms with Gasteiger partial charge in [-0.2, -0.15) is 13.2 Å². The number of carbonyl (C=O) groups is 2. The van der Waals surface area contributed by atoms with Crippen molar-refractivity contribution in [1.29, 1.82) is 0 Å². The summed E-state index contributed by atoms with van der Waals surface area (Å²) in [7, 11) is 2.10. The van der Waals surface area contributed by atoms with Crippen LogP contribution in [0, 0.1) is 12.7 Å². The normalized spacial score (nSPS) is 15.1. The van der Waals surface area contributed by atoms with Crippen molar-refractivity contribution in [1.82, 2.24) is 0 Å². The van der Waals surface area contributed by atoms with Gasteiger partial charge in [0.1, 0.15) is 18.2 Å². The predicted molar refractivity (Wildman–Crippen MR) is 80.5 cm³/mol. The van der Waals surface area contributed by atoms with Crippen LogP contribution in [-0.4, -0.2) is 39.5 Å². The molecule has 0 aromatic heterocycles. The minimum absolute atomic E-state index is 0.250. The largest absolute Gasteiger partial charge is 0.466 e. The predicted octanol–water partition coefficient (Wildman–Crippen LogP) is 2.55. The second-order valence-electron chi connectivity index (χ2n) is 5.31. The second kappa shape index (κ2) is 7.32. The molecule has 0 bridgehead atoms. The van der Waals surface area contributed by atoms with E-state index in [9.17, 15) is 27.2 Å². The molecule has 0 atom stereocenters. The van der Waals surface area contributed by atoms with Crippen LogP contribution in [0.1, 0.15) is 11.1 Å². The van der Waals surface area contributed by atoms with E-state index in [4.69, 9.17) is 4.74 Å². The zero-order chi connectivity index (χ0) is 19.6. The van der Waals surface area contributed by atoms with E-state index >= 15 is 0 Å². The molecule has 0 saturated heterocycles. The van der Waals surface area contributed by atoms with Crippen LogP contribution in [-0.2, 0) is 30.0 Å². The Hall–Kier alpha value is -2.62. The van der Waals surface area contributed by atoms with E-state index in [1.165, 1.54) is 0 Å². The minimum Gasteiger partial charge on any atom is -0.466 e. The molecule has 142 valence electrons. The lowest BCUT2D eigenvalue weighted by atomic mass is 10.0. The number of hydrogen-bond donors (Lipinski definition) is 0. The molecule has 2 rings (SSSR count). The van der Waals surface area contributed by atoms with Gasteiger partial charge in [0.2, 0.25) is 0 Å². The summed E-state index contributed by atoms with van der Waals surface area (Å²) >= 11 is 0. The van der Waals surface area contributed by atoms with Gasteiger partial charge in [0, 0.05) is 5.69 Å². The average Bonchev–Trinajstić information content (AvgIpc) is 2.60. The number of halogens is 4. The molecular weight excluding hydrogens is 362 g/mol. The summed E-state index contributed by atoms with van der Waals surface area (Å²) in [6.07, 6.45) is -4.81. The van der Waals surface area contributed by atoms with Crippen LogP contribution in [0.4, 0.5) is 23.2 Å². The highest BCUT2D eigenvalue weighted by Crippen LogP contribution is 2.37. The van der Waals surface area contributed by atoms with Crippen molar-refractivity contribution in [2.24, 2.45) is 0 Å². The van der Waals surface area contributed by atoms with Gasteiger partial charge in [-0.05, 0) is 24.6 Å². The number of esters is 2. The number of alkyl halides is 3. The maximum Gasteiger partial charge on any atom is 0.416 e. The molecule has 0 amide bonds. The summed E-state index contributed by atoms with van der Waals surface area (Å²) in [5, 5.41) is 0. The van der Waals surface area contributed by atoms with Crippen LogP contribution in [0.15, 0.2) is 23.4 Å². The molecule has 0 fully saturated rings. The molecule has 0 saturated carbocycles. The summed E-state index contributed by atoms with van der Waals surface area (Å²) in [6, 6.07) is 1.49. The third-order valence-electron chi connectivity index (χ3n) is 3.78. The Balaban J connectivity index is 2.67. The third-order valence-corrected chi connectivity index (χ3v) is 3.78. The summed E-state index contributed by atoms with van der Waals surface area (Å²) < 4.78 is 67.9. The van der Waals surface area contributed by atoms with Gasteiger partial charge in [0.05, 0.1) is 32.0 Å². The number of ether oxygens (including phenoxy) is 3. The average molecular weight is 377 g/mol. The van der Waals surface area contributed by atoms with E-state index in [1.807, 2.05) is 0 Å². The van der Waals surface area contributed by atoms with Crippen LogP contribution in [0.5, 0.6) is 0 Å². The molecule has 0 aliphatic carbocycles. The van der Waals surface area contributed by atoms with Crippen LogP contribution in [0.25, 0.3) is 0 Å². The Morgan fingerprint density at radius 3 is 2.31 bits per heavy atom. The molecule has 0 radical (unpaired) electrons. The first-order valence-electron chi connectivity index (χ1n) is 7.24. The fourth-order valence-electron chi connectivity index (χ4n) is 2.46. The van der Waals surface area contributed by atoms with Gasteiger partial charge in [-0.3, -0.25) is 0 Å². The van der Waals surface area contributed by atoms with Gasteiger partial charge in [-0.15, -0.1) is 0 Å². The summed E-state index contributed by atoms with van der Waals surface area (Å²) in [4.78, 5) is 24.9. The molecule has 0 N–H and O–H groups in total. The summed E-state index contributed by atoms with van der Waals surface area (Å²) in [5.74, 6) is -3.04. The molecule has 1 aromatic rings. The molecule has 1 aromatic carbocycles. The minimum atomic E-state index is -4.81. The van der Waals surface area contributed by atoms with Gasteiger partial charge in [-0.25, -0.2) is 14.0 Å². The van der Waals surface area contributed by atoms with E-state index in [0.717, 1.165) is 32.1 Å². The van der Waals surface area contributed by atoms with Crippen molar-refractivity contribution in [3.05, 3.63) is 40.3 Å². The Morgan fingerprint density at radius 2 is 1.77 bits per heavy atom. The Morgan fingerprint density at radius 1 is 1.15 bits per heavy atom. The Labute approximate surface area is 145 Å². The number of methoxy groups -OCH3 is 2. The highest BCUT2D eigenvalue weighted by molar-refractivity contribution is 6.03. The fraction of sp³-hybridized carbons (Fsp3) is 0.375.